The van der Waals surface area contributed by atoms with E-state index in [2.05, 4.69) is 10.3 Å². The fourth-order valence-electron chi connectivity index (χ4n) is 1.93. The van der Waals surface area contributed by atoms with E-state index in [1.807, 2.05) is 6.92 Å². The zero-order valence-corrected chi connectivity index (χ0v) is 11.7. The zero-order valence-electron chi connectivity index (χ0n) is 11.7. The highest BCUT2D eigenvalue weighted by molar-refractivity contribution is 5.62. The van der Waals surface area contributed by atoms with Crippen molar-refractivity contribution in [1.82, 2.24) is 9.55 Å². The lowest BCUT2D eigenvalue weighted by molar-refractivity contribution is -0.384. The van der Waals surface area contributed by atoms with Gasteiger partial charge in [0.15, 0.2) is 0 Å². The molecule has 0 saturated heterocycles. The first-order valence-electron chi connectivity index (χ1n) is 6.63. The minimum absolute atomic E-state index is 0.0119. The highest BCUT2D eigenvalue weighted by atomic mass is 16.6. The lowest BCUT2D eigenvalue weighted by atomic mass is 10.1. The Labute approximate surface area is 121 Å². The molecule has 0 spiro atoms. The molecule has 110 valence electrons. The highest BCUT2D eigenvalue weighted by Crippen LogP contribution is 2.25. The predicted octanol–water partition coefficient (Wildman–Crippen LogP) is 2.02. The molecular formula is C14H16N4O3. The number of nitro benzene ring substituents is 1. The van der Waals surface area contributed by atoms with Gasteiger partial charge >= 0.3 is 0 Å². The third-order valence-electron chi connectivity index (χ3n) is 2.97. The maximum Gasteiger partial charge on any atom is 0.292 e. The number of nitrogens with one attached hydrogen (secondary N) is 1. The first-order valence-corrected chi connectivity index (χ1v) is 6.63. The molecule has 0 aliphatic heterocycles. The van der Waals surface area contributed by atoms with Crippen molar-refractivity contribution in [2.75, 3.05) is 11.9 Å². The Morgan fingerprint density at radius 3 is 2.86 bits per heavy atom. The molecule has 0 bridgehead atoms. The number of anilines is 1. The molecule has 21 heavy (non-hydrogen) atoms. The third-order valence-corrected chi connectivity index (χ3v) is 2.97. The number of rotatable bonds is 6. The van der Waals surface area contributed by atoms with Gasteiger partial charge < -0.3 is 5.32 Å². The second kappa shape index (κ2) is 6.65. The van der Waals surface area contributed by atoms with Gasteiger partial charge in [0.25, 0.3) is 11.2 Å². The minimum atomic E-state index is -0.423. The van der Waals surface area contributed by atoms with Crippen molar-refractivity contribution >= 4 is 11.4 Å². The van der Waals surface area contributed by atoms with Crippen LogP contribution in [0.2, 0.25) is 0 Å². The van der Waals surface area contributed by atoms with E-state index in [-0.39, 0.29) is 17.8 Å². The fourth-order valence-corrected chi connectivity index (χ4v) is 1.93. The molecule has 7 nitrogen and oxygen atoms in total. The van der Waals surface area contributed by atoms with Gasteiger partial charge in [0.1, 0.15) is 5.69 Å². The molecule has 1 N–H and O–H groups in total. The lowest BCUT2D eigenvalue weighted by Gasteiger charge is -2.09. The smallest absolute Gasteiger partial charge is 0.292 e. The van der Waals surface area contributed by atoms with Crippen LogP contribution in [0.5, 0.6) is 0 Å². The summed E-state index contributed by atoms with van der Waals surface area (Å²) in [6, 6.07) is 6.28. The molecule has 0 amide bonds. The largest absolute Gasteiger partial charge is 0.380 e. The highest BCUT2D eigenvalue weighted by Gasteiger charge is 2.14. The van der Waals surface area contributed by atoms with Gasteiger partial charge in [-0.1, -0.05) is 13.0 Å². The van der Waals surface area contributed by atoms with Crippen molar-refractivity contribution in [3.63, 3.8) is 0 Å². The van der Waals surface area contributed by atoms with Crippen molar-refractivity contribution in [2.24, 2.45) is 0 Å². The van der Waals surface area contributed by atoms with Crippen LogP contribution in [0.1, 0.15) is 18.9 Å². The molecule has 1 heterocycles. The number of nitrogens with zero attached hydrogens (tertiary/aromatic N) is 3. The Kier molecular flexibility index (Phi) is 4.65. The van der Waals surface area contributed by atoms with Gasteiger partial charge in [0.2, 0.25) is 0 Å². The maximum atomic E-state index is 11.6. The van der Waals surface area contributed by atoms with Crippen molar-refractivity contribution in [3.8, 4) is 0 Å². The fraction of sp³-hybridized carbons (Fsp3) is 0.286. The van der Waals surface area contributed by atoms with Crippen LogP contribution in [0.4, 0.5) is 11.4 Å². The lowest BCUT2D eigenvalue weighted by Crippen LogP contribution is -2.19. The summed E-state index contributed by atoms with van der Waals surface area (Å²) in [4.78, 5) is 26.2. The second-order valence-corrected chi connectivity index (χ2v) is 4.58. The monoisotopic (exact) mass is 288 g/mol. The van der Waals surface area contributed by atoms with Crippen LogP contribution >= 0.6 is 0 Å². The van der Waals surface area contributed by atoms with E-state index in [4.69, 9.17) is 0 Å². The van der Waals surface area contributed by atoms with Gasteiger partial charge in [-0.2, -0.15) is 0 Å². The van der Waals surface area contributed by atoms with Crippen molar-refractivity contribution in [2.45, 2.75) is 19.9 Å². The molecule has 2 rings (SSSR count). The normalized spacial score (nSPS) is 10.3. The molecule has 0 aliphatic rings. The van der Waals surface area contributed by atoms with Crippen LogP contribution in [0.3, 0.4) is 0 Å². The van der Waals surface area contributed by atoms with Crippen LogP contribution < -0.4 is 10.9 Å². The summed E-state index contributed by atoms with van der Waals surface area (Å²) in [7, 11) is 0. The summed E-state index contributed by atoms with van der Waals surface area (Å²) in [5.41, 5.74) is 0.988. The Morgan fingerprint density at radius 2 is 2.19 bits per heavy atom. The number of nitro groups is 1. The van der Waals surface area contributed by atoms with Crippen molar-refractivity contribution in [1.29, 1.82) is 0 Å². The molecule has 2 aromatic rings. The second-order valence-electron chi connectivity index (χ2n) is 4.58. The third kappa shape index (κ3) is 3.65. The first-order chi connectivity index (χ1) is 10.1. The molecule has 1 aromatic carbocycles. The van der Waals surface area contributed by atoms with E-state index >= 15 is 0 Å². The zero-order chi connectivity index (χ0) is 15.2. The molecule has 0 atom stereocenters. The molecule has 0 unspecified atom stereocenters. The maximum absolute atomic E-state index is 11.6. The summed E-state index contributed by atoms with van der Waals surface area (Å²) < 4.78 is 1.40. The summed E-state index contributed by atoms with van der Waals surface area (Å²) in [5, 5.41) is 14.2. The van der Waals surface area contributed by atoms with Gasteiger partial charge in [-0.25, -0.2) is 4.98 Å². The van der Waals surface area contributed by atoms with E-state index in [1.54, 1.807) is 12.1 Å². The van der Waals surface area contributed by atoms with Crippen LogP contribution in [0, 0.1) is 10.1 Å². The van der Waals surface area contributed by atoms with E-state index in [0.29, 0.717) is 17.8 Å². The molecule has 0 fully saturated rings. The van der Waals surface area contributed by atoms with Gasteiger partial charge in [0.05, 0.1) is 17.8 Å². The van der Waals surface area contributed by atoms with Crippen LogP contribution in [0.25, 0.3) is 0 Å². The summed E-state index contributed by atoms with van der Waals surface area (Å²) in [5.74, 6) is 0. The number of aromatic nitrogens is 2. The van der Waals surface area contributed by atoms with E-state index in [0.717, 1.165) is 6.42 Å². The summed E-state index contributed by atoms with van der Waals surface area (Å²) >= 11 is 0. The van der Waals surface area contributed by atoms with Gasteiger partial charge in [-0.15, -0.1) is 0 Å². The average Bonchev–Trinajstić information content (AvgIpc) is 2.48. The van der Waals surface area contributed by atoms with E-state index in [1.165, 1.54) is 29.2 Å². The topological polar surface area (TPSA) is 90.1 Å². The molecule has 1 aromatic heterocycles. The standard InChI is InChI=1S/C14H16N4O3/c1-2-6-16-12-4-3-11(8-13(12)18(20)21)9-17-10-15-7-5-14(17)19/h3-5,7-8,10,16H,2,6,9H2,1H3. The number of hydrogen-bond acceptors (Lipinski definition) is 5. The van der Waals surface area contributed by atoms with E-state index in [9.17, 15) is 14.9 Å². The molecule has 0 radical (unpaired) electrons. The first kappa shape index (κ1) is 14.7. The predicted molar refractivity (Wildman–Crippen MR) is 79.5 cm³/mol. The van der Waals surface area contributed by atoms with Gasteiger partial charge in [-0.3, -0.25) is 19.5 Å². The SMILES string of the molecule is CCCNc1ccc(Cn2cnccc2=O)cc1[N+](=O)[O-]. The van der Waals surface area contributed by atoms with Gasteiger partial charge in [-0.05, 0) is 18.1 Å². The Morgan fingerprint density at radius 1 is 1.38 bits per heavy atom. The quantitative estimate of drug-likeness (QED) is 0.648. The Balaban J connectivity index is 2.30. The molecule has 0 aliphatic carbocycles. The molecule has 7 heteroatoms. The average molecular weight is 288 g/mol. The summed E-state index contributed by atoms with van der Waals surface area (Å²) in [6.07, 6.45) is 3.71. The van der Waals surface area contributed by atoms with E-state index < -0.39 is 4.92 Å². The Bertz CT molecular complexity index is 697. The molecular weight excluding hydrogens is 272 g/mol. The van der Waals surface area contributed by atoms with Crippen molar-refractivity contribution in [3.05, 3.63) is 62.8 Å². The van der Waals surface area contributed by atoms with Gasteiger partial charge in [0, 0.05) is 24.9 Å². The summed E-state index contributed by atoms with van der Waals surface area (Å²) in [6.45, 7) is 2.91. The van der Waals surface area contributed by atoms with Crippen LogP contribution in [0.15, 0.2) is 41.6 Å². The number of benzene rings is 1. The van der Waals surface area contributed by atoms with Crippen molar-refractivity contribution < 1.29 is 4.92 Å². The number of hydrogen-bond donors (Lipinski definition) is 1. The van der Waals surface area contributed by atoms with Crippen LogP contribution in [-0.4, -0.2) is 21.0 Å². The minimum Gasteiger partial charge on any atom is -0.380 e. The van der Waals surface area contributed by atoms with Crippen LogP contribution in [-0.2, 0) is 6.54 Å². The molecule has 0 saturated carbocycles. The Hall–Kier alpha value is -2.70.